The Morgan fingerprint density at radius 1 is 0.810 bits per heavy atom. The normalized spacial score (nSPS) is 36.1. The number of ketones is 2. The van der Waals surface area contributed by atoms with E-state index >= 15 is 0 Å². The van der Waals surface area contributed by atoms with Crippen molar-refractivity contribution >= 4 is 35.5 Å². The van der Waals surface area contributed by atoms with Crippen LogP contribution in [0.3, 0.4) is 0 Å². The van der Waals surface area contributed by atoms with E-state index in [9.17, 15) is 39.0 Å². The second-order valence-corrected chi connectivity index (χ2v) is 25.3. The lowest BCUT2D eigenvalue weighted by atomic mass is 9.80. The van der Waals surface area contributed by atoms with Crippen molar-refractivity contribution in [2.24, 2.45) is 23.5 Å². The number of fused-ring (bicyclic) bond motifs is 9. The summed E-state index contributed by atoms with van der Waals surface area (Å²) < 4.78 is 59.3. The maximum Gasteiger partial charge on any atom is 0.407 e. The molecule has 8 aliphatic heterocycles. The molecular weight excluding hydrogens is 1090 g/mol. The highest BCUT2D eigenvalue weighted by Gasteiger charge is 2.62. The summed E-state index contributed by atoms with van der Waals surface area (Å²) in [5, 5.41) is 33.4. The molecule has 1 spiro atoms. The number of carbonyl (C=O) groups excluding carboxylic acids is 6. The number of methoxy groups -OCH3 is 1. The summed E-state index contributed by atoms with van der Waals surface area (Å²) in [6, 6.07) is 4.42. The van der Waals surface area contributed by atoms with Gasteiger partial charge in [-0.1, -0.05) is 58.2 Å². The minimum absolute atomic E-state index is 0.00320. The Balaban J connectivity index is 0.811. The topological polar surface area (TPSA) is 300 Å². The lowest BCUT2D eigenvalue weighted by Gasteiger charge is -2.50. The van der Waals surface area contributed by atoms with E-state index in [4.69, 9.17) is 48.4 Å². The fourth-order valence-electron chi connectivity index (χ4n) is 14.2. The second kappa shape index (κ2) is 28.3. The smallest absolute Gasteiger partial charge is 0.407 e. The zero-order chi connectivity index (χ0) is 60.0. The van der Waals surface area contributed by atoms with E-state index in [0.29, 0.717) is 56.1 Å². The molecule has 9 rings (SSSR count). The van der Waals surface area contributed by atoms with Gasteiger partial charge in [-0.15, -0.1) is 0 Å². The number of nitrogens with two attached hydrogens (primary N) is 1. The largest absolute Gasteiger partial charge is 0.445 e. The van der Waals surface area contributed by atoms with Gasteiger partial charge in [-0.05, 0) is 92.4 Å². The number of ether oxygens (including phenoxy) is 9. The van der Waals surface area contributed by atoms with Gasteiger partial charge in [0.25, 0.3) is 0 Å². The number of rotatable bonds is 18. The second-order valence-electron chi connectivity index (χ2n) is 25.3. The molecule has 0 aromatic heterocycles. The van der Waals surface area contributed by atoms with E-state index in [1.165, 1.54) is 6.92 Å². The summed E-state index contributed by atoms with van der Waals surface area (Å²) in [6.07, 6.45) is 0.748. The standard InChI is InChI=1S/C62H91N5O17/c1-32(2)53(66-36(6)68)59(73)67-45(9-8-22-64-60(63)74)46(71)24-37-11-13-38(14-12-37)31-77-61(75)65-30-40(70)27-52-56(76-7)44-26-39(69)25-42-17-19-49-58(80-42)55-35(5)54(82-49)57-47(72)29-62(83-55,84-57)21-20-43-23-34(4)48(79-43)18-16-41-15-10-33(3)50(78-41)28-51(44)81-52/h11-14,32,35,40-45,47-58,70,72H,3-4,8-10,15-31H2,1-2,5-7H3,(H,65,75)(H,66,68)(H,67,73)(H3,63,64,74)/t35?,40-,41+,42+,43-,44-,45-,47+,48-,49-,50+,51-,52+,53-,54?,55+,56+,57-,58-,62+/m0/s1. The molecule has 20 atom stereocenters. The SMILES string of the molecule is C=C1C[C@@H]2CC[C@]34C[C@@H](O)[C@H](O3)C3O[C@H]5CC[C@H](CC(=O)C[C@@H]6[C@@H](OC)[C@@H](C[C@H](O)CNC(=O)OCc7ccc(CC(=O)[C@H](CCCNC(N)=O)NC(=O)[C@@H](NC(C)=O)C(C)C)cc7)O[C@H]6C[C@H]6O[C@H](CCC6=C)CC[C@@H]1O2)O[C@@H]5[C@H](O4)C3C. The highest BCUT2D eigenvalue weighted by atomic mass is 16.7. The number of aliphatic hydroxyl groups is 2. The molecule has 2 unspecified atom stereocenters. The van der Waals surface area contributed by atoms with Crippen LogP contribution in [-0.4, -0.2) is 175 Å². The molecular formula is C62H91N5O17. The Morgan fingerprint density at radius 3 is 2.27 bits per heavy atom. The van der Waals surface area contributed by atoms with Crippen molar-refractivity contribution in [3.8, 4) is 0 Å². The fourth-order valence-corrected chi connectivity index (χ4v) is 14.2. The Hall–Kier alpha value is -4.88. The van der Waals surface area contributed by atoms with Crippen LogP contribution in [0.5, 0.6) is 0 Å². The summed E-state index contributed by atoms with van der Waals surface area (Å²) in [6.45, 7) is 15.7. The van der Waals surface area contributed by atoms with Gasteiger partial charge < -0.3 is 79.8 Å². The highest BCUT2D eigenvalue weighted by molar-refractivity contribution is 5.93. The number of carbonyl (C=O) groups is 6. The molecule has 10 bridgehead atoms. The van der Waals surface area contributed by atoms with Gasteiger partial charge in [-0.3, -0.25) is 19.2 Å². The highest BCUT2D eigenvalue weighted by Crippen LogP contribution is 2.51. The molecule has 84 heavy (non-hydrogen) atoms. The monoisotopic (exact) mass is 1180 g/mol. The van der Waals surface area contributed by atoms with Gasteiger partial charge in [-0.25, -0.2) is 9.59 Å². The first-order valence-electron chi connectivity index (χ1n) is 30.7. The van der Waals surface area contributed by atoms with Crippen LogP contribution >= 0.6 is 0 Å². The Labute approximate surface area is 493 Å². The summed E-state index contributed by atoms with van der Waals surface area (Å²) in [4.78, 5) is 77.4. The molecule has 0 radical (unpaired) electrons. The van der Waals surface area contributed by atoms with Crippen molar-refractivity contribution in [2.75, 3.05) is 20.2 Å². The number of aliphatic hydroxyl groups excluding tert-OH is 2. The van der Waals surface area contributed by atoms with Crippen LogP contribution < -0.4 is 27.0 Å². The minimum Gasteiger partial charge on any atom is -0.445 e. The third-order valence-corrected chi connectivity index (χ3v) is 18.6. The van der Waals surface area contributed by atoms with Crippen molar-refractivity contribution in [2.45, 2.75) is 253 Å². The fraction of sp³-hybridized carbons (Fsp3) is 0.742. The van der Waals surface area contributed by atoms with E-state index in [1.807, 2.05) is 0 Å². The van der Waals surface area contributed by atoms with Crippen LogP contribution in [0.2, 0.25) is 0 Å². The molecule has 1 aromatic carbocycles. The van der Waals surface area contributed by atoms with Gasteiger partial charge in [0.1, 0.15) is 30.6 Å². The van der Waals surface area contributed by atoms with Crippen molar-refractivity contribution < 1.29 is 81.6 Å². The van der Waals surface area contributed by atoms with Crippen molar-refractivity contribution in [3.63, 3.8) is 0 Å². The third-order valence-electron chi connectivity index (χ3n) is 18.6. The van der Waals surface area contributed by atoms with E-state index in [1.54, 1.807) is 45.2 Å². The lowest BCUT2D eigenvalue weighted by Crippen LogP contribution is -2.62. The summed E-state index contributed by atoms with van der Waals surface area (Å²) in [7, 11) is 1.58. The molecule has 1 aromatic rings. The summed E-state index contributed by atoms with van der Waals surface area (Å²) in [5.74, 6) is -2.97. The van der Waals surface area contributed by atoms with Crippen LogP contribution in [0.1, 0.15) is 142 Å². The predicted octanol–water partition coefficient (Wildman–Crippen LogP) is 4.59. The average molecular weight is 1180 g/mol. The van der Waals surface area contributed by atoms with Gasteiger partial charge >= 0.3 is 12.1 Å². The first kappa shape index (κ1) is 63.6. The van der Waals surface area contributed by atoms with Gasteiger partial charge in [0.2, 0.25) is 11.8 Å². The number of amides is 5. The zero-order valence-corrected chi connectivity index (χ0v) is 49.5. The molecule has 0 aliphatic carbocycles. The summed E-state index contributed by atoms with van der Waals surface area (Å²) in [5.41, 5.74) is 8.50. The Bertz CT molecular complexity index is 2520. The van der Waals surface area contributed by atoms with E-state index < -0.39 is 84.5 Å². The van der Waals surface area contributed by atoms with E-state index in [2.05, 4.69) is 41.3 Å². The molecule has 0 saturated carbocycles. The van der Waals surface area contributed by atoms with Crippen LogP contribution in [0.25, 0.3) is 0 Å². The van der Waals surface area contributed by atoms with Gasteiger partial charge in [0.15, 0.2) is 11.6 Å². The van der Waals surface area contributed by atoms with Crippen molar-refractivity contribution in [1.29, 1.82) is 0 Å². The molecule has 8 heterocycles. The molecule has 466 valence electrons. The number of nitrogens with one attached hydrogen (secondary N) is 4. The van der Waals surface area contributed by atoms with Crippen LogP contribution in [0.15, 0.2) is 48.6 Å². The van der Waals surface area contributed by atoms with Crippen LogP contribution in [-0.2, 0) is 74.8 Å². The Kier molecular flexibility index (Phi) is 21.4. The van der Waals surface area contributed by atoms with Gasteiger partial charge in [0, 0.05) is 83.9 Å². The van der Waals surface area contributed by atoms with Gasteiger partial charge in [0.05, 0.1) is 85.4 Å². The number of alkyl carbamates (subject to hydrolysis) is 1. The number of urea groups is 1. The molecule has 8 saturated heterocycles. The summed E-state index contributed by atoms with van der Waals surface area (Å²) >= 11 is 0. The average Bonchev–Trinajstić information content (AvgIpc) is 1.67. The lowest BCUT2D eigenvalue weighted by molar-refractivity contribution is -0.290. The number of primary amides is 1. The van der Waals surface area contributed by atoms with E-state index in [0.717, 1.165) is 43.3 Å². The number of Topliss-reactive ketones (excluding diaryl/α,β-unsaturated/α-hetero) is 2. The maximum absolute atomic E-state index is 14.4. The predicted molar refractivity (Wildman–Crippen MR) is 304 cm³/mol. The number of hydrogen-bond acceptors (Lipinski definition) is 17. The number of benzene rings is 1. The van der Waals surface area contributed by atoms with Crippen LogP contribution in [0, 0.1) is 17.8 Å². The maximum atomic E-state index is 14.4. The molecule has 22 nitrogen and oxygen atoms in total. The number of hydrogen-bond donors (Lipinski definition) is 7. The Morgan fingerprint density at radius 2 is 1.54 bits per heavy atom. The molecule has 5 amide bonds. The molecule has 8 N–H and O–H groups in total. The first-order chi connectivity index (χ1) is 40.1. The first-order valence-corrected chi connectivity index (χ1v) is 30.7. The minimum atomic E-state index is -1.08. The zero-order valence-electron chi connectivity index (χ0n) is 49.5. The van der Waals surface area contributed by atoms with E-state index in [-0.39, 0.29) is 130 Å². The molecule has 8 aliphatic rings. The third kappa shape index (κ3) is 15.8. The van der Waals surface area contributed by atoms with Crippen LogP contribution in [0.4, 0.5) is 9.59 Å². The van der Waals surface area contributed by atoms with Crippen molar-refractivity contribution in [1.82, 2.24) is 21.3 Å². The molecule has 22 heteroatoms. The van der Waals surface area contributed by atoms with Gasteiger partial charge in [-0.2, -0.15) is 0 Å². The quantitative estimate of drug-likeness (QED) is 0.0781. The molecule has 8 fully saturated rings. The van der Waals surface area contributed by atoms with Crippen molar-refractivity contribution in [3.05, 3.63) is 59.7 Å².